The SMILES string of the molecule is Cc1ccc2c(c1)N(C)C[N+]2([O-])C1CCC(=O)NC1=O. The van der Waals surface area contributed by atoms with E-state index in [9.17, 15) is 14.8 Å². The molecule has 2 unspecified atom stereocenters. The first-order chi connectivity index (χ1) is 9.41. The molecule has 6 heteroatoms. The number of nitrogens with one attached hydrogen (secondary N) is 1. The minimum Gasteiger partial charge on any atom is -0.625 e. The lowest BCUT2D eigenvalue weighted by molar-refractivity contribution is -0.136. The molecule has 1 fully saturated rings. The molecule has 6 nitrogen and oxygen atoms in total. The summed E-state index contributed by atoms with van der Waals surface area (Å²) in [5.41, 5.74) is 2.55. The van der Waals surface area contributed by atoms with Crippen molar-refractivity contribution in [1.29, 1.82) is 0 Å². The van der Waals surface area contributed by atoms with Gasteiger partial charge in [-0.1, -0.05) is 6.07 Å². The maximum absolute atomic E-state index is 13.2. The van der Waals surface area contributed by atoms with E-state index >= 15 is 0 Å². The number of hydrogen-bond donors (Lipinski definition) is 1. The van der Waals surface area contributed by atoms with E-state index < -0.39 is 16.6 Å². The van der Waals surface area contributed by atoms with Gasteiger partial charge in [-0.3, -0.25) is 19.6 Å². The number of carbonyl (C=O) groups excluding carboxylic acids is 2. The number of nitrogens with zero attached hydrogens (tertiary/aromatic N) is 2. The van der Waals surface area contributed by atoms with Gasteiger partial charge in [-0.05, 0) is 18.6 Å². The van der Waals surface area contributed by atoms with E-state index in [2.05, 4.69) is 5.32 Å². The first kappa shape index (κ1) is 13.1. The standard InChI is InChI=1S/C14H17N3O3/c1-9-3-4-11-10(7-9)16(2)8-17(11,20)12-5-6-13(18)15-14(12)19/h3-4,7,12H,5-6,8H2,1-2H3,(H,15,18,19). The van der Waals surface area contributed by atoms with Crippen LogP contribution in [0.5, 0.6) is 0 Å². The largest absolute Gasteiger partial charge is 0.625 e. The topological polar surface area (TPSA) is 72.5 Å². The molecule has 0 aliphatic carbocycles. The quantitative estimate of drug-likeness (QED) is 0.472. The van der Waals surface area contributed by atoms with Crippen LogP contribution in [0.25, 0.3) is 0 Å². The van der Waals surface area contributed by atoms with Gasteiger partial charge in [-0.15, -0.1) is 0 Å². The molecule has 3 rings (SSSR count). The van der Waals surface area contributed by atoms with Crippen LogP contribution in [0, 0.1) is 12.1 Å². The second-order valence-electron chi connectivity index (χ2n) is 5.59. The Bertz CT molecular complexity index is 601. The number of carbonyl (C=O) groups is 2. The van der Waals surface area contributed by atoms with Crippen molar-refractivity contribution in [2.24, 2.45) is 0 Å². The van der Waals surface area contributed by atoms with Crippen molar-refractivity contribution in [2.75, 3.05) is 18.6 Å². The van der Waals surface area contributed by atoms with Gasteiger partial charge in [0.2, 0.25) is 5.91 Å². The molecule has 2 heterocycles. The van der Waals surface area contributed by atoms with Gasteiger partial charge in [-0.2, -0.15) is 0 Å². The molecular weight excluding hydrogens is 258 g/mol. The predicted molar refractivity (Wildman–Crippen MR) is 75.8 cm³/mol. The van der Waals surface area contributed by atoms with Crippen LogP contribution in [-0.4, -0.2) is 31.6 Å². The van der Waals surface area contributed by atoms with Crippen LogP contribution in [0.4, 0.5) is 11.4 Å². The molecule has 1 saturated heterocycles. The zero-order chi connectivity index (χ0) is 14.5. The molecule has 0 spiro atoms. The van der Waals surface area contributed by atoms with Crippen molar-refractivity contribution in [3.63, 3.8) is 0 Å². The minimum absolute atomic E-state index is 0.199. The van der Waals surface area contributed by atoms with Crippen LogP contribution in [-0.2, 0) is 9.59 Å². The van der Waals surface area contributed by atoms with E-state index in [1.54, 1.807) is 6.07 Å². The van der Waals surface area contributed by atoms with Gasteiger partial charge in [0.15, 0.2) is 18.4 Å². The average Bonchev–Trinajstić information content (AvgIpc) is 2.61. The fourth-order valence-electron chi connectivity index (χ4n) is 3.07. The highest BCUT2D eigenvalue weighted by atomic mass is 16.6. The van der Waals surface area contributed by atoms with E-state index in [4.69, 9.17) is 0 Å². The van der Waals surface area contributed by atoms with Crippen molar-refractivity contribution in [2.45, 2.75) is 25.8 Å². The summed E-state index contributed by atoms with van der Waals surface area (Å²) in [6.45, 7) is 2.17. The van der Waals surface area contributed by atoms with Crippen molar-refractivity contribution < 1.29 is 9.59 Å². The molecule has 0 radical (unpaired) electrons. The van der Waals surface area contributed by atoms with Crippen molar-refractivity contribution in [3.8, 4) is 0 Å². The maximum Gasteiger partial charge on any atom is 0.285 e. The fraction of sp³-hybridized carbons (Fsp3) is 0.429. The number of anilines is 1. The molecule has 0 aromatic heterocycles. The Balaban J connectivity index is 2.02. The van der Waals surface area contributed by atoms with E-state index in [0.717, 1.165) is 11.3 Å². The number of amides is 2. The molecule has 0 saturated carbocycles. The number of aryl methyl sites for hydroxylation is 1. The number of fused-ring (bicyclic) bond motifs is 1. The van der Waals surface area contributed by atoms with Crippen molar-refractivity contribution in [3.05, 3.63) is 29.0 Å². The number of quaternary nitrogens is 1. The van der Waals surface area contributed by atoms with Crippen LogP contribution in [0.15, 0.2) is 18.2 Å². The van der Waals surface area contributed by atoms with Crippen LogP contribution < -0.4 is 14.9 Å². The van der Waals surface area contributed by atoms with E-state index in [1.807, 2.05) is 31.0 Å². The number of rotatable bonds is 1. The Morgan fingerprint density at radius 1 is 1.40 bits per heavy atom. The van der Waals surface area contributed by atoms with Crippen LogP contribution >= 0.6 is 0 Å². The van der Waals surface area contributed by atoms with Gasteiger partial charge in [0.05, 0.1) is 0 Å². The summed E-state index contributed by atoms with van der Waals surface area (Å²) in [7, 11) is 1.85. The summed E-state index contributed by atoms with van der Waals surface area (Å²) in [5.74, 6) is -0.757. The molecule has 1 aromatic carbocycles. The van der Waals surface area contributed by atoms with Gasteiger partial charge in [-0.25, -0.2) is 0 Å². The Hall–Kier alpha value is -1.92. The lowest BCUT2D eigenvalue weighted by atomic mass is 10.0. The van der Waals surface area contributed by atoms with Crippen LogP contribution in [0.1, 0.15) is 18.4 Å². The summed E-state index contributed by atoms with van der Waals surface area (Å²) >= 11 is 0. The summed E-state index contributed by atoms with van der Waals surface area (Å²) < 4.78 is -0.703. The Kier molecular flexibility index (Phi) is 2.81. The molecule has 2 atom stereocenters. The number of benzene rings is 1. The Morgan fingerprint density at radius 3 is 2.85 bits per heavy atom. The molecule has 0 bridgehead atoms. The molecule has 2 aliphatic heterocycles. The maximum atomic E-state index is 13.2. The lowest BCUT2D eigenvalue weighted by Gasteiger charge is -2.44. The number of hydrogen-bond acceptors (Lipinski definition) is 4. The molecule has 2 aliphatic rings. The third kappa shape index (κ3) is 1.80. The molecule has 2 amide bonds. The lowest BCUT2D eigenvalue weighted by Crippen LogP contribution is -2.62. The van der Waals surface area contributed by atoms with E-state index in [-0.39, 0.29) is 19.0 Å². The van der Waals surface area contributed by atoms with Gasteiger partial charge in [0.25, 0.3) is 5.91 Å². The first-order valence-corrected chi connectivity index (χ1v) is 6.66. The number of hydroxylamine groups is 2. The number of piperidine rings is 1. The van der Waals surface area contributed by atoms with Crippen LogP contribution in [0.2, 0.25) is 0 Å². The van der Waals surface area contributed by atoms with Gasteiger partial charge in [0, 0.05) is 26.0 Å². The molecule has 20 heavy (non-hydrogen) atoms. The zero-order valence-corrected chi connectivity index (χ0v) is 11.5. The third-order valence-corrected chi connectivity index (χ3v) is 4.09. The molecule has 1 N–H and O–H groups in total. The summed E-state index contributed by atoms with van der Waals surface area (Å²) in [6.07, 6.45) is 0.527. The first-order valence-electron chi connectivity index (χ1n) is 6.66. The van der Waals surface area contributed by atoms with Crippen LogP contribution in [0.3, 0.4) is 0 Å². The molecule has 106 valence electrons. The van der Waals surface area contributed by atoms with E-state index in [0.29, 0.717) is 12.1 Å². The Labute approximate surface area is 117 Å². The highest BCUT2D eigenvalue weighted by Gasteiger charge is 2.46. The highest BCUT2D eigenvalue weighted by molar-refractivity contribution is 6.01. The van der Waals surface area contributed by atoms with Gasteiger partial charge < -0.3 is 10.1 Å². The molecule has 1 aromatic rings. The third-order valence-electron chi connectivity index (χ3n) is 4.09. The summed E-state index contributed by atoms with van der Waals surface area (Å²) in [5, 5.41) is 15.5. The monoisotopic (exact) mass is 275 g/mol. The smallest absolute Gasteiger partial charge is 0.285 e. The number of imide groups is 1. The molecular formula is C14H17N3O3. The Morgan fingerprint density at radius 2 is 2.15 bits per heavy atom. The van der Waals surface area contributed by atoms with Crippen molar-refractivity contribution in [1.82, 2.24) is 9.96 Å². The fourth-order valence-corrected chi connectivity index (χ4v) is 3.07. The second-order valence-corrected chi connectivity index (χ2v) is 5.59. The summed E-state index contributed by atoms with van der Waals surface area (Å²) in [6, 6.07) is 4.89. The van der Waals surface area contributed by atoms with Gasteiger partial charge in [0.1, 0.15) is 5.69 Å². The van der Waals surface area contributed by atoms with E-state index in [1.165, 1.54) is 0 Å². The average molecular weight is 275 g/mol. The predicted octanol–water partition coefficient (Wildman–Crippen LogP) is 1.01. The van der Waals surface area contributed by atoms with Crippen molar-refractivity contribution >= 4 is 23.2 Å². The normalized spacial score (nSPS) is 29.4. The second kappa shape index (κ2) is 4.29. The highest BCUT2D eigenvalue weighted by Crippen LogP contribution is 2.43. The zero-order valence-electron chi connectivity index (χ0n) is 11.5. The summed E-state index contributed by atoms with van der Waals surface area (Å²) in [4.78, 5) is 25.1. The van der Waals surface area contributed by atoms with Gasteiger partial charge >= 0.3 is 0 Å². The minimum atomic E-state index is -0.751.